The molecule has 19 heavy (non-hydrogen) atoms. The molecular weight excluding hydrogens is 250 g/mol. The third kappa shape index (κ3) is 8.33. The van der Waals surface area contributed by atoms with Crippen LogP contribution >= 0.6 is 11.8 Å². The lowest BCUT2D eigenvalue weighted by Crippen LogP contribution is -2.26. The second-order valence-electron chi connectivity index (χ2n) is 5.66. The van der Waals surface area contributed by atoms with Crippen molar-refractivity contribution in [2.24, 2.45) is 11.8 Å². The molecule has 1 N–H and O–H groups in total. The van der Waals surface area contributed by atoms with Gasteiger partial charge in [-0.3, -0.25) is 0 Å². The lowest BCUT2D eigenvalue weighted by Gasteiger charge is -2.17. The fourth-order valence-electron chi connectivity index (χ4n) is 2.19. The van der Waals surface area contributed by atoms with Gasteiger partial charge in [0.1, 0.15) is 0 Å². The van der Waals surface area contributed by atoms with Gasteiger partial charge in [-0.15, -0.1) is 11.8 Å². The summed E-state index contributed by atoms with van der Waals surface area (Å²) in [7, 11) is 0. The van der Waals surface area contributed by atoms with Crippen LogP contribution in [0.1, 0.15) is 40.0 Å². The van der Waals surface area contributed by atoms with Gasteiger partial charge in [0.25, 0.3) is 0 Å². The predicted octanol–water partition coefficient (Wildman–Crippen LogP) is 4.83. The highest BCUT2D eigenvalue weighted by atomic mass is 32.2. The Kier molecular flexibility index (Phi) is 9.02. The Morgan fingerprint density at radius 1 is 1.05 bits per heavy atom. The largest absolute Gasteiger partial charge is 0.316 e. The summed E-state index contributed by atoms with van der Waals surface area (Å²) in [4.78, 5) is 1.40. The molecule has 108 valence electrons. The Bertz CT molecular complexity index is 310. The molecule has 0 bridgehead atoms. The highest BCUT2D eigenvalue weighted by Crippen LogP contribution is 2.21. The maximum absolute atomic E-state index is 3.61. The van der Waals surface area contributed by atoms with Crippen molar-refractivity contribution in [3.05, 3.63) is 30.3 Å². The second kappa shape index (κ2) is 10.3. The number of rotatable bonds is 10. The molecule has 0 fully saturated rings. The molecule has 1 rings (SSSR count). The molecule has 0 saturated carbocycles. The molecule has 0 aliphatic carbocycles. The van der Waals surface area contributed by atoms with Gasteiger partial charge in [0, 0.05) is 4.90 Å². The van der Waals surface area contributed by atoms with E-state index in [4.69, 9.17) is 0 Å². The Morgan fingerprint density at radius 2 is 1.79 bits per heavy atom. The van der Waals surface area contributed by atoms with Crippen LogP contribution < -0.4 is 5.32 Å². The van der Waals surface area contributed by atoms with E-state index in [9.17, 15) is 0 Å². The van der Waals surface area contributed by atoms with E-state index in [0.717, 1.165) is 18.4 Å². The van der Waals surface area contributed by atoms with Crippen LogP contribution in [0.4, 0.5) is 0 Å². The fraction of sp³-hybridized carbons (Fsp3) is 0.647. The maximum atomic E-state index is 3.61. The van der Waals surface area contributed by atoms with Gasteiger partial charge in [-0.2, -0.15) is 0 Å². The summed E-state index contributed by atoms with van der Waals surface area (Å²) < 4.78 is 0. The first-order valence-corrected chi connectivity index (χ1v) is 8.59. The number of hydrogen-bond donors (Lipinski definition) is 1. The van der Waals surface area contributed by atoms with Crippen LogP contribution in [0.15, 0.2) is 35.2 Å². The first-order chi connectivity index (χ1) is 9.22. The third-order valence-corrected chi connectivity index (χ3v) is 4.27. The van der Waals surface area contributed by atoms with Crippen molar-refractivity contribution in [2.45, 2.75) is 44.9 Å². The lowest BCUT2D eigenvalue weighted by atomic mass is 10.0. The van der Waals surface area contributed by atoms with Crippen molar-refractivity contribution < 1.29 is 0 Å². The summed E-state index contributed by atoms with van der Waals surface area (Å²) in [5, 5.41) is 3.61. The molecule has 0 saturated heterocycles. The number of nitrogens with one attached hydrogen (secondary N) is 1. The van der Waals surface area contributed by atoms with Gasteiger partial charge >= 0.3 is 0 Å². The van der Waals surface area contributed by atoms with Crippen LogP contribution in [0, 0.1) is 11.8 Å². The highest BCUT2D eigenvalue weighted by molar-refractivity contribution is 7.99. The fourth-order valence-corrected chi connectivity index (χ4v) is 3.23. The summed E-state index contributed by atoms with van der Waals surface area (Å²) in [5.74, 6) is 2.82. The predicted molar refractivity (Wildman–Crippen MR) is 87.9 cm³/mol. The van der Waals surface area contributed by atoms with Crippen LogP contribution in [-0.4, -0.2) is 18.8 Å². The first kappa shape index (κ1) is 16.6. The van der Waals surface area contributed by atoms with Crippen LogP contribution in [0.3, 0.4) is 0 Å². The van der Waals surface area contributed by atoms with E-state index in [1.54, 1.807) is 0 Å². The third-order valence-electron chi connectivity index (χ3n) is 3.22. The average Bonchev–Trinajstić information content (AvgIpc) is 2.39. The van der Waals surface area contributed by atoms with Crippen LogP contribution in [0.5, 0.6) is 0 Å². The Hall–Kier alpha value is -0.470. The van der Waals surface area contributed by atoms with Crippen molar-refractivity contribution >= 4 is 11.8 Å². The van der Waals surface area contributed by atoms with E-state index in [2.05, 4.69) is 56.4 Å². The van der Waals surface area contributed by atoms with E-state index in [0.29, 0.717) is 0 Å². The minimum absolute atomic E-state index is 0.751. The summed E-state index contributed by atoms with van der Waals surface area (Å²) in [5.41, 5.74) is 0. The highest BCUT2D eigenvalue weighted by Gasteiger charge is 2.08. The number of benzene rings is 1. The molecule has 1 unspecified atom stereocenters. The molecule has 0 aromatic heterocycles. The monoisotopic (exact) mass is 279 g/mol. The van der Waals surface area contributed by atoms with Crippen molar-refractivity contribution in [3.8, 4) is 0 Å². The van der Waals surface area contributed by atoms with E-state index < -0.39 is 0 Å². The summed E-state index contributed by atoms with van der Waals surface area (Å²) >= 11 is 1.99. The van der Waals surface area contributed by atoms with Crippen LogP contribution in [0.25, 0.3) is 0 Å². The van der Waals surface area contributed by atoms with Crippen molar-refractivity contribution in [1.82, 2.24) is 5.32 Å². The summed E-state index contributed by atoms with van der Waals surface area (Å²) in [6.07, 6.45) is 3.96. The molecule has 0 aliphatic rings. The quantitative estimate of drug-likeness (QED) is 0.616. The normalized spacial score (nSPS) is 12.8. The standard InChI is InChI=1S/C17H29NS/c1-4-8-16(14-18-13-15(2)3)11-12-19-17-9-6-5-7-10-17/h5-7,9-10,15-16,18H,4,8,11-14H2,1-3H3. The molecule has 1 aromatic carbocycles. The van der Waals surface area contributed by atoms with Gasteiger partial charge in [0.15, 0.2) is 0 Å². The molecule has 0 heterocycles. The molecular formula is C17H29NS. The summed E-state index contributed by atoms with van der Waals surface area (Å²) in [6, 6.07) is 10.7. The van der Waals surface area contributed by atoms with Crippen LogP contribution in [0.2, 0.25) is 0 Å². The topological polar surface area (TPSA) is 12.0 Å². The summed E-state index contributed by atoms with van der Waals surface area (Å²) in [6.45, 7) is 9.16. The Morgan fingerprint density at radius 3 is 2.42 bits per heavy atom. The van der Waals surface area contributed by atoms with Crippen LogP contribution in [-0.2, 0) is 0 Å². The van der Waals surface area contributed by atoms with Gasteiger partial charge in [-0.05, 0) is 55.7 Å². The minimum Gasteiger partial charge on any atom is -0.316 e. The molecule has 1 atom stereocenters. The number of hydrogen-bond acceptors (Lipinski definition) is 2. The van der Waals surface area contributed by atoms with Gasteiger partial charge in [-0.1, -0.05) is 45.4 Å². The first-order valence-electron chi connectivity index (χ1n) is 7.61. The van der Waals surface area contributed by atoms with Crippen molar-refractivity contribution in [1.29, 1.82) is 0 Å². The SMILES string of the molecule is CCCC(CCSc1ccccc1)CNCC(C)C. The molecule has 0 radical (unpaired) electrons. The molecule has 2 heteroatoms. The second-order valence-corrected chi connectivity index (χ2v) is 6.83. The molecule has 1 nitrogen and oxygen atoms in total. The smallest absolute Gasteiger partial charge is 0.00719 e. The zero-order valence-electron chi connectivity index (χ0n) is 12.7. The molecule has 0 amide bonds. The van der Waals surface area contributed by atoms with E-state index in [1.807, 2.05) is 11.8 Å². The van der Waals surface area contributed by atoms with Gasteiger partial charge in [0.2, 0.25) is 0 Å². The van der Waals surface area contributed by atoms with Gasteiger partial charge < -0.3 is 5.32 Å². The lowest BCUT2D eigenvalue weighted by molar-refractivity contribution is 0.415. The van der Waals surface area contributed by atoms with Gasteiger partial charge in [-0.25, -0.2) is 0 Å². The maximum Gasteiger partial charge on any atom is 0.00719 e. The zero-order valence-corrected chi connectivity index (χ0v) is 13.5. The average molecular weight is 279 g/mol. The molecule has 0 aliphatic heterocycles. The minimum atomic E-state index is 0.751. The van der Waals surface area contributed by atoms with E-state index in [-0.39, 0.29) is 0 Å². The molecule has 0 spiro atoms. The Labute approximate surface area is 123 Å². The Balaban J connectivity index is 2.21. The van der Waals surface area contributed by atoms with Crippen molar-refractivity contribution in [2.75, 3.05) is 18.8 Å². The van der Waals surface area contributed by atoms with E-state index in [1.165, 1.54) is 36.5 Å². The van der Waals surface area contributed by atoms with Gasteiger partial charge in [0.05, 0.1) is 0 Å². The zero-order chi connectivity index (χ0) is 13.9. The van der Waals surface area contributed by atoms with E-state index >= 15 is 0 Å². The van der Waals surface area contributed by atoms with Crippen molar-refractivity contribution in [3.63, 3.8) is 0 Å². The number of thioether (sulfide) groups is 1. The molecule has 1 aromatic rings.